The fraction of sp³-hybridized carbons (Fsp3) is 0.467. The molecule has 4 heteroatoms. The van der Waals surface area contributed by atoms with Crippen molar-refractivity contribution in [2.45, 2.75) is 46.0 Å². The van der Waals surface area contributed by atoms with Gasteiger partial charge >= 0.3 is 5.97 Å². The van der Waals surface area contributed by atoms with Gasteiger partial charge < -0.3 is 5.11 Å². The SMILES string of the molecule is CC/C=c1\sc(C(=O)O)n\c1=C\C1=C(C)CCCC1. The normalized spacial score (nSPS) is 18.2. The highest BCUT2D eigenvalue weighted by atomic mass is 32.1. The van der Waals surface area contributed by atoms with Crippen LogP contribution in [0.5, 0.6) is 0 Å². The molecule has 0 radical (unpaired) electrons. The fourth-order valence-electron chi connectivity index (χ4n) is 2.31. The minimum Gasteiger partial charge on any atom is -0.476 e. The Morgan fingerprint density at radius 3 is 2.79 bits per heavy atom. The molecule has 0 aromatic carbocycles. The first-order valence-electron chi connectivity index (χ1n) is 6.72. The standard InChI is InChI=1S/C15H19NO2S/c1-3-6-13-12(16-14(19-13)15(17)18)9-11-8-5-4-7-10(11)2/h6,9H,3-5,7-8H2,1-2H3,(H,17,18)/b12-9+,13-6-. The molecule has 1 aliphatic carbocycles. The van der Waals surface area contributed by atoms with E-state index in [9.17, 15) is 4.79 Å². The maximum absolute atomic E-state index is 11.0. The van der Waals surface area contributed by atoms with Gasteiger partial charge in [0.15, 0.2) is 0 Å². The first kappa shape index (κ1) is 14.0. The molecule has 3 nitrogen and oxygen atoms in total. The molecule has 1 aliphatic rings. The molecule has 1 aromatic heterocycles. The number of thiazole rings is 1. The molecule has 1 heterocycles. The summed E-state index contributed by atoms with van der Waals surface area (Å²) in [5.41, 5.74) is 2.75. The van der Waals surface area contributed by atoms with E-state index >= 15 is 0 Å². The number of carboxylic acid groups (broad SMARTS) is 1. The first-order chi connectivity index (χ1) is 9.11. The average Bonchev–Trinajstić information content (AvgIpc) is 2.76. The lowest BCUT2D eigenvalue weighted by Gasteiger charge is -2.13. The number of carbonyl (C=O) groups is 1. The largest absolute Gasteiger partial charge is 0.476 e. The number of hydrogen-bond donors (Lipinski definition) is 1. The Kier molecular flexibility index (Phi) is 4.53. The third-order valence-electron chi connectivity index (χ3n) is 3.36. The number of allylic oxidation sites excluding steroid dienone is 2. The van der Waals surface area contributed by atoms with E-state index in [1.165, 1.54) is 35.3 Å². The van der Waals surface area contributed by atoms with Gasteiger partial charge in [0, 0.05) is 0 Å². The zero-order valence-corrected chi connectivity index (χ0v) is 12.2. The van der Waals surface area contributed by atoms with E-state index in [0.29, 0.717) is 0 Å². The summed E-state index contributed by atoms with van der Waals surface area (Å²) in [7, 11) is 0. The van der Waals surface area contributed by atoms with Crippen molar-refractivity contribution in [1.29, 1.82) is 0 Å². The third-order valence-corrected chi connectivity index (χ3v) is 4.42. The molecule has 0 amide bonds. The van der Waals surface area contributed by atoms with Crippen molar-refractivity contribution in [3.05, 3.63) is 26.0 Å². The molecular formula is C15H19NO2S. The van der Waals surface area contributed by atoms with Crippen molar-refractivity contribution in [3.63, 3.8) is 0 Å². The summed E-state index contributed by atoms with van der Waals surface area (Å²) in [5.74, 6) is -0.940. The molecule has 0 saturated carbocycles. The van der Waals surface area contributed by atoms with Gasteiger partial charge in [-0.2, -0.15) is 0 Å². The Morgan fingerprint density at radius 1 is 1.42 bits per heavy atom. The van der Waals surface area contributed by atoms with Crippen LogP contribution in [-0.4, -0.2) is 16.1 Å². The minimum absolute atomic E-state index is 0.181. The van der Waals surface area contributed by atoms with Crippen LogP contribution in [0.25, 0.3) is 12.2 Å². The number of carboxylic acids is 1. The molecule has 19 heavy (non-hydrogen) atoms. The van der Waals surface area contributed by atoms with E-state index in [4.69, 9.17) is 5.11 Å². The van der Waals surface area contributed by atoms with Crippen LogP contribution in [0, 0.1) is 0 Å². The minimum atomic E-state index is -0.940. The van der Waals surface area contributed by atoms with Crippen molar-refractivity contribution in [2.24, 2.45) is 0 Å². The van der Waals surface area contributed by atoms with Crippen molar-refractivity contribution in [2.75, 3.05) is 0 Å². The van der Waals surface area contributed by atoms with Crippen LogP contribution < -0.4 is 9.88 Å². The van der Waals surface area contributed by atoms with E-state index < -0.39 is 5.97 Å². The fourth-order valence-corrected chi connectivity index (χ4v) is 3.21. The lowest BCUT2D eigenvalue weighted by Crippen LogP contribution is -2.21. The molecule has 0 atom stereocenters. The second-order valence-electron chi connectivity index (χ2n) is 4.84. The summed E-state index contributed by atoms with van der Waals surface area (Å²) < 4.78 is 0.978. The predicted molar refractivity (Wildman–Crippen MR) is 78.7 cm³/mol. The molecule has 0 saturated heterocycles. The second-order valence-corrected chi connectivity index (χ2v) is 5.87. The molecule has 1 aromatic rings. The van der Waals surface area contributed by atoms with E-state index in [2.05, 4.69) is 31.0 Å². The van der Waals surface area contributed by atoms with Crippen LogP contribution in [0.3, 0.4) is 0 Å². The van der Waals surface area contributed by atoms with Crippen LogP contribution in [0.2, 0.25) is 0 Å². The predicted octanol–water partition coefficient (Wildman–Crippen LogP) is 2.70. The highest BCUT2D eigenvalue weighted by Crippen LogP contribution is 2.24. The Morgan fingerprint density at radius 2 is 2.16 bits per heavy atom. The van der Waals surface area contributed by atoms with E-state index in [1.54, 1.807) is 0 Å². The van der Waals surface area contributed by atoms with E-state index in [1.807, 2.05) is 0 Å². The number of aromatic carboxylic acids is 1. The molecule has 1 N–H and O–H groups in total. The summed E-state index contributed by atoms with van der Waals surface area (Å²) in [6.45, 7) is 4.22. The average molecular weight is 277 g/mol. The summed E-state index contributed by atoms with van der Waals surface area (Å²) in [5, 5.41) is 10.1. The first-order valence-corrected chi connectivity index (χ1v) is 7.54. The summed E-state index contributed by atoms with van der Waals surface area (Å²) in [4.78, 5) is 15.3. The van der Waals surface area contributed by atoms with Crippen LogP contribution >= 0.6 is 11.3 Å². The topological polar surface area (TPSA) is 50.2 Å². The molecule has 0 aliphatic heterocycles. The van der Waals surface area contributed by atoms with Gasteiger partial charge in [-0.15, -0.1) is 11.3 Å². The van der Waals surface area contributed by atoms with Gasteiger partial charge in [-0.3, -0.25) is 0 Å². The Labute approximate surface area is 117 Å². The smallest absolute Gasteiger partial charge is 0.365 e. The maximum atomic E-state index is 11.0. The second kappa shape index (κ2) is 6.15. The van der Waals surface area contributed by atoms with Crippen LogP contribution in [0.1, 0.15) is 55.8 Å². The van der Waals surface area contributed by atoms with Crippen LogP contribution in [-0.2, 0) is 0 Å². The molecule has 0 fully saturated rings. The van der Waals surface area contributed by atoms with Crippen molar-refractivity contribution >= 4 is 29.5 Å². The molecule has 102 valence electrons. The molecule has 0 unspecified atom stereocenters. The van der Waals surface area contributed by atoms with Crippen molar-refractivity contribution in [1.82, 2.24) is 4.98 Å². The van der Waals surface area contributed by atoms with Gasteiger partial charge in [0.25, 0.3) is 0 Å². The van der Waals surface area contributed by atoms with Crippen molar-refractivity contribution < 1.29 is 9.90 Å². The Bertz CT molecular complexity index is 625. The number of aromatic nitrogens is 1. The lowest BCUT2D eigenvalue weighted by atomic mass is 9.92. The Hall–Kier alpha value is -1.42. The number of nitrogens with zero attached hydrogens (tertiary/aromatic N) is 1. The van der Waals surface area contributed by atoms with Crippen molar-refractivity contribution in [3.8, 4) is 0 Å². The van der Waals surface area contributed by atoms with Gasteiger partial charge in [-0.1, -0.05) is 18.6 Å². The van der Waals surface area contributed by atoms with E-state index in [0.717, 1.165) is 29.1 Å². The molecule has 0 bridgehead atoms. The third kappa shape index (κ3) is 3.32. The quantitative estimate of drug-likeness (QED) is 0.924. The van der Waals surface area contributed by atoms with Crippen LogP contribution in [0.15, 0.2) is 11.1 Å². The number of rotatable bonds is 3. The maximum Gasteiger partial charge on any atom is 0.365 e. The molecular weight excluding hydrogens is 258 g/mol. The highest BCUT2D eigenvalue weighted by molar-refractivity contribution is 7.11. The summed E-state index contributed by atoms with van der Waals surface area (Å²) >= 11 is 1.26. The lowest BCUT2D eigenvalue weighted by molar-refractivity contribution is 0.0696. The monoisotopic (exact) mass is 277 g/mol. The van der Waals surface area contributed by atoms with Gasteiger partial charge in [0.1, 0.15) is 0 Å². The van der Waals surface area contributed by atoms with Gasteiger partial charge in [-0.25, -0.2) is 9.78 Å². The van der Waals surface area contributed by atoms with Gasteiger partial charge in [-0.05, 0) is 50.7 Å². The molecule has 2 rings (SSSR count). The Balaban J connectivity index is 2.54. The van der Waals surface area contributed by atoms with Crippen LogP contribution in [0.4, 0.5) is 0 Å². The zero-order valence-electron chi connectivity index (χ0n) is 11.4. The van der Waals surface area contributed by atoms with Gasteiger partial charge in [0.2, 0.25) is 5.01 Å². The highest BCUT2D eigenvalue weighted by Gasteiger charge is 2.10. The summed E-state index contributed by atoms with van der Waals surface area (Å²) in [6, 6.07) is 0. The zero-order chi connectivity index (χ0) is 13.8. The van der Waals surface area contributed by atoms with E-state index in [-0.39, 0.29) is 5.01 Å². The molecule has 0 spiro atoms. The summed E-state index contributed by atoms with van der Waals surface area (Å²) in [6.07, 6.45) is 9.72. The number of hydrogen-bond acceptors (Lipinski definition) is 3. The van der Waals surface area contributed by atoms with Gasteiger partial charge in [0.05, 0.1) is 9.88 Å².